The summed E-state index contributed by atoms with van der Waals surface area (Å²) in [6.07, 6.45) is -11.8. The lowest BCUT2D eigenvalue weighted by atomic mass is 10.1. The molecule has 4 rings (SSSR count). The van der Waals surface area contributed by atoms with Gasteiger partial charge < -0.3 is 20.2 Å². The van der Waals surface area contributed by atoms with Gasteiger partial charge in [0.2, 0.25) is 5.91 Å². The summed E-state index contributed by atoms with van der Waals surface area (Å²) >= 11 is 0. The Morgan fingerprint density at radius 3 is 1.69 bits per heavy atom. The number of pyridine rings is 2. The number of aromatic nitrogens is 2. The number of carbonyl (C=O) groups is 4. The normalized spacial score (nSPS) is 17.9. The number of carboxylic acid groups (broad SMARTS) is 3. The van der Waals surface area contributed by atoms with E-state index in [0.29, 0.717) is 25.0 Å². The molecule has 0 spiro atoms. The second kappa shape index (κ2) is 16.0. The number of carboxylic acids is 3. The van der Waals surface area contributed by atoms with Crippen LogP contribution in [0.5, 0.6) is 0 Å². The van der Waals surface area contributed by atoms with Gasteiger partial charge in [-0.25, -0.2) is 14.4 Å². The molecule has 2 saturated heterocycles. The fraction of sp³-hybridized carbons (Fsp3) is 0.440. The molecule has 0 aliphatic carbocycles. The molecule has 0 aromatic carbocycles. The quantitative estimate of drug-likeness (QED) is 0.407. The first-order valence-electron chi connectivity index (χ1n) is 12.3. The van der Waals surface area contributed by atoms with E-state index in [1.165, 1.54) is 0 Å². The number of hydrogen-bond acceptors (Lipinski definition) is 7. The van der Waals surface area contributed by atoms with E-state index in [0.717, 1.165) is 36.6 Å². The summed E-state index contributed by atoms with van der Waals surface area (Å²) in [4.78, 5) is 52.6. The highest BCUT2D eigenvalue weighted by atomic mass is 19.4. The van der Waals surface area contributed by atoms with Crippen molar-refractivity contribution < 1.29 is 74.0 Å². The van der Waals surface area contributed by atoms with Crippen LogP contribution < -0.4 is 0 Å². The van der Waals surface area contributed by atoms with Gasteiger partial charge in [-0.3, -0.25) is 19.7 Å². The van der Waals surface area contributed by atoms with Gasteiger partial charge in [-0.05, 0) is 37.6 Å². The van der Waals surface area contributed by atoms with E-state index in [-0.39, 0.29) is 5.91 Å². The molecule has 1 amide bonds. The first-order chi connectivity index (χ1) is 20.5. The van der Waals surface area contributed by atoms with Gasteiger partial charge in [0, 0.05) is 43.5 Å². The summed E-state index contributed by atoms with van der Waals surface area (Å²) in [7, 11) is 0. The fourth-order valence-corrected chi connectivity index (χ4v) is 3.97. The van der Waals surface area contributed by atoms with Crippen molar-refractivity contribution in [3.05, 3.63) is 59.7 Å². The highest BCUT2D eigenvalue weighted by Crippen LogP contribution is 2.34. The van der Waals surface area contributed by atoms with Crippen LogP contribution in [-0.2, 0) is 32.3 Å². The van der Waals surface area contributed by atoms with Crippen LogP contribution in [0, 0.1) is 6.92 Å². The van der Waals surface area contributed by atoms with Gasteiger partial charge in [0.15, 0.2) is 0 Å². The molecule has 2 aromatic rings. The summed E-state index contributed by atoms with van der Waals surface area (Å²) in [6.45, 7) is 4.46. The average Bonchev–Trinajstić information content (AvgIpc) is 3.43. The van der Waals surface area contributed by atoms with Crippen molar-refractivity contribution in [3.63, 3.8) is 0 Å². The molecule has 2 fully saturated rings. The van der Waals surface area contributed by atoms with Gasteiger partial charge in [-0.2, -0.15) is 39.5 Å². The van der Waals surface area contributed by atoms with Crippen LogP contribution in [0.4, 0.5) is 39.5 Å². The number of nitrogens with zero attached hydrogens (tertiary/aromatic N) is 4. The zero-order chi connectivity index (χ0) is 34.8. The molecule has 2 aliphatic heterocycles. The lowest BCUT2D eigenvalue weighted by Gasteiger charge is -2.25. The summed E-state index contributed by atoms with van der Waals surface area (Å²) in [5, 5.41) is 21.4. The standard InChI is InChI=1S/C19H22N4O.3C2HF3O2/c1-14-5-4-7-16(21-14)13-23-17-8-10-22(18(17)11-19(23)24)12-15-6-2-3-9-20-15;3*3-2(4,5)1(6)7/h2-7,9,17-18H,8,10-13H2,1H3;3*(H,6,7)/t17-,18+;;;/m0.../s1. The van der Waals surface area contributed by atoms with Crippen LogP contribution in [0.3, 0.4) is 0 Å². The number of fused-ring (bicyclic) bond motifs is 1. The third-order valence-electron chi connectivity index (χ3n) is 5.83. The summed E-state index contributed by atoms with van der Waals surface area (Å²) in [5.41, 5.74) is 3.05. The Kier molecular flexibility index (Phi) is 13.7. The number of hydrogen-bond donors (Lipinski definition) is 3. The first kappa shape index (κ1) is 38.5. The molecule has 0 unspecified atom stereocenters. The molecular weight excluding hydrogens is 639 g/mol. The van der Waals surface area contributed by atoms with Gasteiger partial charge in [-0.15, -0.1) is 0 Å². The van der Waals surface area contributed by atoms with E-state index in [9.17, 15) is 44.3 Å². The van der Waals surface area contributed by atoms with E-state index >= 15 is 0 Å². The maximum absolute atomic E-state index is 12.5. The van der Waals surface area contributed by atoms with Crippen molar-refractivity contribution in [3.8, 4) is 0 Å². The molecule has 2 atom stereocenters. The van der Waals surface area contributed by atoms with Gasteiger partial charge in [-0.1, -0.05) is 12.1 Å². The first-order valence-corrected chi connectivity index (χ1v) is 12.3. The molecule has 0 bridgehead atoms. The molecule has 2 aliphatic rings. The summed E-state index contributed by atoms with van der Waals surface area (Å²) < 4.78 is 95.2. The third-order valence-corrected chi connectivity index (χ3v) is 5.83. The Labute approximate surface area is 247 Å². The Balaban J connectivity index is 0.000000396. The molecule has 45 heavy (non-hydrogen) atoms. The van der Waals surface area contributed by atoms with Crippen molar-refractivity contribution in [2.75, 3.05) is 6.54 Å². The van der Waals surface area contributed by atoms with Gasteiger partial charge in [0.05, 0.1) is 17.9 Å². The number of carbonyl (C=O) groups excluding carboxylic acids is 1. The molecule has 11 nitrogen and oxygen atoms in total. The average molecular weight is 664 g/mol. The van der Waals surface area contributed by atoms with E-state index in [2.05, 4.69) is 20.9 Å². The maximum Gasteiger partial charge on any atom is 0.490 e. The zero-order valence-electron chi connectivity index (χ0n) is 22.9. The topological polar surface area (TPSA) is 161 Å². The number of amides is 1. The van der Waals surface area contributed by atoms with Crippen LogP contribution in [-0.4, -0.2) is 96.1 Å². The lowest BCUT2D eigenvalue weighted by molar-refractivity contribution is -0.193. The highest BCUT2D eigenvalue weighted by molar-refractivity contribution is 5.80. The summed E-state index contributed by atoms with van der Waals surface area (Å²) in [6, 6.07) is 12.6. The molecule has 3 N–H and O–H groups in total. The predicted octanol–water partition coefficient (Wildman–Crippen LogP) is 4.06. The minimum absolute atomic E-state index is 0.249. The molecule has 0 radical (unpaired) electrons. The number of alkyl halides is 9. The molecule has 20 heteroatoms. The van der Waals surface area contributed by atoms with Crippen LogP contribution >= 0.6 is 0 Å². The largest absolute Gasteiger partial charge is 0.490 e. The van der Waals surface area contributed by atoms with Gasteiger partial charge >= 0.3 is 36.4 Å². The highest BCUT2D eigenvalue weighted by Gasteiger charge is 2.46. The zero-order valence-corrected chi connectivity index (χ0v) is 22.9. The van der Waals surface area contributed by atoms with Crippen LogP contribution in [0.2, 0.25) is 0 Å². The number of halogens is 9. The fourth-order valence-electron chi connectivity index (χ4n) is 3.97. The second-order valence-corrected chi connectivity index (χ2v) is 9.12. The van der Waals surface area contributed by atoms with Crippen molar-refractivity contribution in [2.45, 2.75) is 63.5 Å². The number of rotatable bonds is 4. The Morgan fingerprint density at radius 1 is 0.778 bits per heavy atom. The number of aliphatic carboxylic acids is 3. The predicted molar refractivity (Wildman–Crippen MR) is 132 cm³/mol. The molecular formula is C25H25F9N4O7. The van der Waals surface area contributed by atoms with Crippen LogP contribution in [0.15, 0.2) is 42.6 Å². The van der Waals surface area contributed by atoms with Crippen molar-refractivity contribution in [1.82, 2.24) is 19.8 Å². The smallest absolute Gasteiger partial charge is 0.475 e. The van der Waals surface area contributed by atoms with Crippen molar-refractivity contribution in [2.24, 2.45) is 0 Å². The van der Waals surface area contributed by atoms with E-state index in [1.807, 2.05) is 48.4 Å². The lowest BCUT2D eigenvalue weighted by Crippen LogP contribution is -2.37. The van der Waals surface area contributed by atoms with Crippen molar-refractivity contribution in [1.29, 1.82) is 0 Å². The van der Waals surface area contributed by atoms with Gasteiger partial charge in [0.25, 0.3) is 0 Å². The summed E-state index contributed by atoms with van der Waals surface area (Å²) in [5.74, 6) is -8.02. The minimum atomic E-state index is -5.08. The second-order valence-electron chi connectivity index (χ2n) is 9.12. The molecule has 250 valence electrons. The number of likely N-dealkylation sites (tertiary alicyclic amines) is 2. The molecule has 2 aromatic heterocycles. The Hall–Kier alpha value is -4.49. The van der Waals surface area contributed by atoms with Gasteiger partial charge in [0.1, 0.15) is 0 Å². The van der Waals surface area contributed by atoms with Crippen molar-refractivity contribution >= 4 is 23.8 Å². The monoisotopic (exact) mass is 664 g/mol. The Bertz CT molecular complexity index is 1250. The SMILES string of the molecule is Cc1cccc(CN2C(=O)C[C@@H]3[C@@H]2CCN3Cc2ccccn2)n1.O=C(O)C(F)(F)F.O=C(O)C(F)(F)F.O=C(O)C(F)(F)F. The van der Waals surface area contributed by atoms with E-state index in [4.69, 9.17) is 29.7 Å². The maximum atomic E-state index is 12.5. The third kappa shape index (κ3) is 13.4. The Morgan fingerprint density at radius 2 is 1.27 bits per heavy atom. The molecule has 4 heterocycles. The van der Waals surface area contributed by atoms with E-state index in [1.54, 1.807) is 0 Å². The van der Waals surface area contributed by atoms with Crippen LogP contribution in [0.25, 0.3) is 0 Å². The van der Waals surface area contributed by atoms with Crippen LogP contribution in [0.1, 0.15) is 29.9 Å². The minimum Gasteiger partial charge on any atom is -0.475 e. The number of aryl methyl sites for hydroxylation is 1. The molecule has 0 saturated carbocycles. The van der Waals surface area contributed by atoms with E-state index < -0.39 is 36.4 Å².